The van der Waals surface area contributed by atoms with Crippen LogP contribution in [0, 0.1) is 6.92 Å². The number of benzene rings is 3. The Morgan fingerprint density at radius 1 is 1.00 bits per heavy atom. The van der Waals surface area contributed by atoms with Gasteiger partial charge in [-0.05, 0) is 54.4 Å². The number of carbonyl (C=O) groups excluding carboxylic acids is 1. The van der Waals surface area contributed by atoms with Crippen molar-refractivity contribution in [1.82, 2.24) is 19.9 Å². The molecule has 0 atom stereocenters. The van der Waals surface area contributed by atoms with Crippen LogP contribution in [0.3, 0.4) is 0 Å². The van der Waals surface area contributed by atoms with Crippen LogP contribution in [0.1, 0.15) is 21.5 Å². The molecule has 3 aromatic carbocycles. The first kappa shape index (κ1) is 28.8. The van der Waals surface area contributed by atoms with E-state index in [-0.39, 0.29) is 17.3 Å². The number of ether oxygens (including phenoxy) is 1. The molecule has 1 fully saturated rings. The van der Waals surface area contributed by atoms with Crippen LogP contribution < -0.4 is 16.0 Å². The van der Waals surface area contributed by atoms with Gasteiger partial charge in [0.25, 0.3) is 5.91 Å². The van der Waals surface area contributed by atoms with E-state index < -0.39 is 17.6 Å². The van der Waals surface area contributed by atoms with Gasteiger partial charge in [-0.15, -0.1) is 0 Å². The molecule has 13 heteroatoms. The Morgan fingerprint density at radius 2 is 1.75 bits per heavy atom. The number of aromatic nitrogens is 4. The van der Waals surface area contributed by atoms with E-state index in [1.165, 1.54) is 12.1 Å². The van der Waals surface area contributed by atoms with Gasteiger partial charge < -0.3 is 25.8 Å². The van der Waals surface area contributed by atoms with Crippen molar-refractivity contribution in [2.75, 3.05) is 42.3 Å². The molecule has 4 N–H and O–H groups in total. The molecular weight excluding hydrogens is 575 g/mol. The Balaban J connectivity index is 1.40. The molecule has 1 aliphatic rings. The maximum atomic E-state index is 13.2. The lowest BCUT2D eigenvalue weighted by molar-refractivity contribution is -0.137. The highest BCUT2D eigenvalue weighted by atomic mass is 19.4. The molecule has 0 unspecified atom stereocenters. The molecule has 1 saturated heterocycles. The molecule has 10 nitrogen and oxygen atoms in total. The van der Waals surface area contributed by atoms with E-state index in [2.05, 4.69) is 25.3 Å². The first-order chi connectivity index (χ1) is 21.1. The van der Waals surface area contributed by atoms with E-state index in [1.54, 1.807) is 42.9 Å². The number of carbonyl (C=O) groups is 1. The number of nitrogens with zero attached hydrogens (tertiary/aromatic N) is 5. The number of aromatic hydroxyl groups is 1. The van der Waals surface area contributed by atoms with Crippen LogP contribution >= 0.6 is 0 Å². The number of nitrogens with two attached hydrogens (primary N) is 1. The average molecular weight is 602 g/mol. The number of halogens is 3. The van der Waals surface area contributed by atoms with E-state index in [4.69, 9.17) is 10.5 Å². The number of aryl methyl sites for hydroxylation is 1. The van der Waals surface area contributed by atoms with Gasteiger partial charge in [0, 0.05) is 59.4 Å². The highest BCUT2D eigenvalue weighted by Crippen LogP contribution is 2.44. The van der Waals surface area contributed by atoms with Crippen molar-refractivity contribution >= 4 is 34.4 Å². The van der Waals surface area contributed by atoms with Gasteiger partial charge in [-0.3, -0.25) is 4.79 Å². The Hall–Kier alpha value is -5.30. The first-order valence-corrected chi connectivity index (χ1v) is 13.6. The van der Waals surface area contributed by atoms with Gasteiger partial charge in [0.05, 0.1) is 29.9 Å². The topological polar surface area (TPSA) is 139 Å². The minimum Gasteiger partial charge on any atom is -0.507 e. The molecule has 0 spiro atoms. The monoisotopic (exact) mass is 601 g/mol. The lowest BCUT2D eigenvalue weighted by Gasteiger charge is -2.26. The van der Waals surface area contributed by atoms with Crippen molar-refractivity contribution in [2.24, 2.45) is 0 Å². The molecule has 0 bridgehead atoms. The predicted molar refractivity (Wildman–Crippen MR) is 159 cm³/mol. The van der Waals surface area contributed by atoms with Gasteiger partial charge in [-0.25, -0.2) is 19.9 Å². The number of anilines is 3. The minimum atomic E-state index is -4.58. The molecule has 0 saturated carbocycles. The largest absolute Gasteiger partial charge is 0.507 e. The fourth-order valence-corrected chi connectivity index (χ4v) is 5.07. The number of phenolic OH excluding ortho intramolecular Hbond substituents is 1. The summed E-state index contributed by atoms with van der Waals surface area (Å²) in [7, 11) is 0. The van der Waals surface area contributed by atoms with Crippen molar-refractivity contribution in [3.05, 3.63) is 83.8 Å². The summed E-state index contributed by atoms with van der Waals surface area (Å²) in [5, 5.41) is 14.9. The maximum absolute atomic E-state index is 13.2. The Bertz CT molecular complexity index is 1880. The highest BCUT2D eigenvalue weighted by Gasteiger charge is 2.31. The maximum Gasteiger partial charge on any atom is 0.416 e. The molecule has 1 amide bonds. The quantitative estimate of drug-likeness (QED) is 0.240. The lowest BCUT2D eigenvalue weighted by Crippen LogP contribution is -2.37. The van der Waals surface area contributed by atoms with Gasteiger partial charge in [0.1, 0.15) is 5.75 Å². The van der Waals surface area contributed by atoms with E-state index in [0.717, 1.165) is 17.7 Å². The summed E-state index contributed by atoms with van der Waals surface area (Å²) in [6, 6.07) is 10.9. The summed E-state index contributed by atoms with van der Waals surface area (Å²) >= 11 is 0. The number of alkyl halides is 3. The normalized spacial score (nSPS) is 13.7. The third-order valence-electron chi connectivity index (χ3n) is 7.32. The number of phenols is 1. The van der Waals surface area contributed by atoms with Gasteiger partial charge in [0.2, 0.25) is 11.9 Å². The SMILES string of the molecule is Cc1ccc(NC(=O)c2cccc(C(F)(F)F)c2)cc1-c1cc2cnc(N)nc2c(-c2cnc(N3CCOCC3)nc2)c1O. The smallest absolute Gasteiger partial charge is 0.416 e. The number of rotatable bonds is 5. The van der Waals surface area contributed by atoms with Gasteiger partial charge in [-0.2, -0.15) is 13.2 Å². The lowest BCUT2D eigenvalue weighted by atomic mass is 9.93. The second-order valence-corrected chi connectivity index (χ2v) is 10.2. The van der Waals surface area contributed by atoms with Crippen molar-refractivity contribution in [2.45, 2.75) is 13.1 Å². The third kappa shape index (κ3) is 5.69. The third-order valence-corrected chi connectivity index (χ3v) is 7.32. The van der Waals surface area contributed by atoms with E-state index >= 15 is 0 Å². The highest BCUT2D eigenvalue weighted by molar-refractivity contribution is 6.06. The molecule has 0 aliphatic carbocycles. The van der Waals surface area contributed by atoms with Gasteiger partial charge in [0.15, 0.2) is 0 Å². The number of morpholine rings is 1. The van der Waals surface area contributed by atoms with Crippen LogP contribution in [0.5, 0.6) is 5.75 Å². The first-order valence-electron chi connectivity index (χ1n) is 13.6. The molecule has 1 aliphatic heterocycles. The number of amides is 1. The van der Waals surface area contributed by atoms with Crippen molar-refractivity contribution in [1.29, 1.82) is 0 Å². The van der Waals surface area contributed by atoms with Crippen LogP contribution in [0.25, 0.3) is 33.2 Å². The number of nitrogen functional groups attached to an aromatic ring is 1. The van der Waals surface area contributed by atoms with E-state index in [9.17, 15) is 23.1 Å². The molecular formula is C31H26F3N7O3. The van der Waals surface area contributed by atoms with E-state index in [0.29, 0.717) is 71.1 Å². The van der Waals surface area contributed by atoms with Crippen LogP contribution in [-0.4, -0.2) is 57.3 Å². The Kier molecular flexibility index (Phi) is 7.47. The predicted octanol–water partition coefficient (Wildman–Crippen LogP) is 5.46. The van der Waals surface area contributed by atoms with Crippen LogP contribution in [0.15, 0.2) is 67.1 Å². The summed E-state index contributed by atoms with van der Waals surface area (Å²) in [6.07, 6.45) is 0.169. The number of fused-ring (bicyclic) bond motifs is 1. The zero-order chi connectivity index (χ0) is 31.0. The van der Waals surface area contributed by atoms with Crippen LogP contribution in [0.2, 0.25) is 0 Å². The Labute approximate surface area is 249 Å². The molecule has 224 valence electrons. The number of hydrogen-bond acceptors (Lipinski definition) is 9. The second kappa shape index (κ2) is 11.4. The fraction of sp³-hybridized carbons (Fsp3) is 0.194. The van der Waals surface area contributed by atoms with Crippen LogP contribution in [-0.2, 0) is 10.9 Å². The summed E-state index contributed by atoms with van der Waals surface area (Å²) in [4.78, 5) is 32.4. The zero-order valence-corrected chi connectivity index (χ0v) is 23.4. The van der Waals surface area contributed by atoms with Gasteiger partial charge >= 0.3 is 6.18 Å². The molecule has 0 radical (unpaired) electrons. The summed E-state index contributed by atoms with van der Waals surface area (Å²) < 4.78 is 45.0. The zero-order valence-electron chi connectivity index (χ0n) is 23.4. The fourth-order valence-electron chi connectivity index (χ4n) is 5.07. The average Bonchev–Trinajstić information content (AvgIpc) is 3.02. The van der Waals surface area contributed by atoms with E-state index in [1.807, 2.05) is 11.8 Å². The molecule has 44 heavy (non-hydrogen) atoms. The van der Waals surface area contributed by atoms with Gasteiger partial charge in [-0.1, -0.05) is 12.1 Å². The molecule has 5 aromatic rings. The molecule has 3 heterocycles. The summed E-state index contributed by atoms with van der Waals surface area (Å²) in [5.74, 6) is -0.281. The molecule has 6 rings (SSSR count). The van der Waals surface area contributed by atoms with Crippen LogP contribution in [0.4, 0.5) is 30.8 Å². The Morgan fingerprint density at radius 3 is 2.48 bits per heavy atom. The number of nitrogens with one attached hydrogen (secondary N) is 1. The van der Waals surface area contributed by atoms with Crippen molar-refractivity contribution < 1.29 is 27.8 Å². The number of hydrogen-bond donors (Lipinski definition) is 3. The van der Waals surface area contributed by atoms with Crippen molar-refractivity contribution in [3.8, 4) is 28.0 Å². The molecule has 2 aromatic heterocycles. The second-order valence-electron chi connectivity index (χ2n) is 10.2. The summed E-state index contributed by atoms with van der Waals surface area (Å²) in [6.45, 7) is 4.30. The standard InChI is InChI=1S/C31H26F3N7O3/c1-17-5-6-22(39-28(43)18-3-2-4-21(11-18)31(32,33)34)13-23(17)24-12-19-14-36-29(35)40-26(19)25(27(24)42)20-15-37-30(38-16-20)41-7-9-44-10-8-41/h2-6,11-16,42H,7-10H2,1H3,(H,39,43)(H2,35,36,40). The summed E-state index contributed by atoms with van der Waals surface area (Å²) in [5.41, 5.74) is 8.13. The van der Waals surface area contributed by atoms with Crippen molar-refractivity contribution in [3.63, 3.8) is 0 Å². The minimum absolute atomic E-state index is 0.0206.